The molecule has 0 amide bonds. The van der Waals surface area contributed by atoms with E-state index in [-0.39, 0.29) is 0 Å². The van der Waals surface area contributed by atoms with Crippen molar-refractivity contribution in [3.05, 3.63) is 118 Å². The summed E-state index contributed by atoms with van der Waals surface area (Å²) in [5, 5.41) is 8.41. The Hall–Kier alpha value is -2.26. The van der Waals surface area contributed by atoms with Crippen LogP contribution in [0.5, 0.6) is 0 Å². The first-order valence-electron chi connectivity index (χ1n) is 10.3. The van der Waals surface area contributed by atoms with Crippen LogP contribution in [0.1, 0.15) is 24.0 Å². The fourth-order valence-corrected chi connectivity index (χ4v) is 5.36. The zero-order valence-electron chi connectivity index (χ0n) is 17.1. The van der Waals surface area contributed by atoms with Crippen LogP contribution in [0, 0.1) is 5.41 Å². The molecule has 0 unspecified atom stereocenters. The number of rotatable bonds is 6. The molecule has 4 rings (SSSR count). The highest BCUT2D eigenvalue weighted by Crippen LogP contribution is 2.45. The third-order valence-electron chi connectivity index (χ3n) is 5.34. The molecule has 1 aliphatic carbocycles. The van der Waals surface area contributed by atoms with Crippen LogP contribution in [0.2, 0.25) is 0 Å². The van der Waals surface area contributed by atoms with Crippen molar-refractivity contribution in [2.45, 2.75) is 12.8 Å². The maximum absolute atomic E-state index is 8.41. The Morgan fingerprint density at radius 3 is 1.71 bits per heavy atom. The monoisotopic (exact) mass is 463 g/mol. The fourth-order valence-electron chi connectivity index (χ4n) is 3.87. The van der Waals surface area contributed by atoms with Crippen LogP contribution in [0.4, 0.5) is 0 Å². The Balaban J connectivity index is 1.91. The van der Waals surface area contributed by atoms with E-state index in [4.69, 9.17) is 28.6 Å². The Morgan fingerprint density at radius 1 is 0.677 bits per heavy atom. The first-order valence-corrected chi connectivity index (χ1v) is 12.2. The summed E-state index contributed by atoms with van der Waals surface area (Å²) in [5.74, 6) is 1.00. The van der Waals surface area contributed by atoms with E-state index in [0.717, 1.165) is 28.7 Å². The van der Waals surface area contributed by atoms with Gasteiger partial charge in [-0.1, -0.05) is 78.5 Å². The van der Waals surface area contributed by atoms with Crippen LogP contribution in [-0.2, 0) is 0 Å². The molecule has 1 heterocycles. The van der Waals surface area contributed by atoms with Crippen LogP contribution in [0.25, 0.3) is 9.81 Å². The van der Waals surface area contributed by atoms with Gasteiger partial charge in [-0.3, -0.25) is 0 Å². The smallest absolute Gasteiger partial charge is 0.0575 e. The number of hydrogen-bond acceptors (Lipinski definition) is 2. The number of allylic oxidation sites excluding steroid dienone is 8. The molecule has 0 aromatic heterocycles. The molecule has 0 spiro atoms. The summed E-state index contributed by atoms with van der Waals surface area (Å²) in [6.45, 7) is 0. The molecule has 4 heteroatoms. The Kier molecular flexibility index (Phi) is 7.34. The highest BCUT2D eigenvalue weighted by atomic mass is 35.5. The van der Waals surface area contributed by atoms with E-state index in [0.29, 0.717) is 23.9 Å². The van der Waals surface area contributed by atoms with Gasteiger partial charge in [0.05, 0.1) is 5.71 Å². The molecule has 2 aliphatic rings. The van der Waals surface area contributed by atoms with Gasteiger partial charge in [-0.15, -0.1) is 23.2 Å². The normalized spacial score (nSPS) is 16.5. The van der Waals surface area contributed by atoms with E-state index >= 15 is 0 Å². The van der Waals surface area contributed by atoms with Crippen molar-refractivity contribution in [3.63, 3.8) is 0 Å². The molecule has 0 fully saturated rings. The molecule has 2 aromatic carbocycles. The van der Waals surface area contributed by atoms with Crippen molar-refractivity contribution < 1.29 is 0 Å². The lowest BCUT2D eigenvalue weighted by Crippen LogP contribution is -2.11. The number of alkyl halides is 2. The predicted octanol–water partition coefficient (Wildman–Crippen LogP) is 8.26. The summed E-state index contributed by atoms with van der Waals surface area (Å²) in [7, 11) is 0. The van der Waals surface area contributed by atoms with Gasteiger partial charge in [0.25, 0.3) is 0 Å². The first kappa shape index (κ1) is 22.0. The van der Waals surface area contributed by atoms with Crippen LogP contribution in [0.3, 0.4) is 0 Å². The molecule has 2 aromatic rings. The third-order valence-corrected chi connectivity index (χ3v) is 6.87. The van der Waals surface area contributed by atoms with Gasteiger partial charge >= 0.3 is 0 Å². The number of halogens is 2. The molecular formula is C27H23Cl2NS. The van der Waals surface area contributed by atoms with Crippen molar-refractivity contribution in [2.24, 2.45) is 0 Å². The second kappa shape index (κ2) is 10.4. The Labute approximate surface area is 198 Å². The highest BCUT2D eigenvalue weighted by molar-refractivity contribution is 8.16. The lowest BCUT2D eigenvalue weighted by Gasteiger charge is -2.24. The standard InChI is InChI=1S/C27H23Cl2NS/c28-15-13-23-22(11-12-25(30)24(23)14-16-29)21-17-26(19-7-3-1-4-8-19)31-27(18-21)20-9-5-2-6-10-20/h1-12,17-18,30H,13-16H2. The average molecular weight is 464 g/mol. The molecule has 1 N–H and O–H groups in total. The van der Waals surface area contributed by atoms with Crippen LogP contribution in [-0.4, -0.2) is 17.5 Å². The van der Waals surface area contributed by atoms with Gasteiger partial charge in [-0.25, -0.2) is 0 Å². The van der Waals surface area contributed by atoms with Crippen LogP contribution < -0.4 is 0 Å². The summed E-state index contributed by atoms with van der Waals surface area (Å²) >= 11 is 14.0. The van der Waals surface area contributed by atoms with Crippen molar-refractivity contribution in [2.75, 3.05) is 11.8 Å². The van der Waals surface area contributed by atoms with Crippen molar-refractivity contribution in [1.29, 1.82) is 5.41 Å². The van der Waals surface area contributed by atoms with Gasteiger partial charge in [0, 0.05) is 21.6 Å². The van der Waals surface area contributed by atoms with Crippen molar-refractivity contribution >= 4 is 50.5 Å². The molecule has 31 heavy (non-hydrogen) atoms. The lowest BCUT2D eigenvalue weighted by molar-refractivity contribution is 1.04. The van der Waals surface area contributed by atoms with Crippen molar-refractivity contribution in [1.82, 2.24) is 0 Å². The van der Waals surface area contributed by atoms with E-state index in [1.807, 2.05) is 18.2 Å². The summed E-state index contributed by atoms with van der Waals surface area (Å²) in [4.78, 5) is 2.42. The van der Waals surface area contributed by atoms with Gasteiger partial charge in [0.15, 0.2) is 0 Å². The lowest BCUT2D eigenvalue weighted by atomic mass is 9.85. The fraction of sp³-hybridized carbons (Fsp3) is 0.148. The average Bonchev–Trinajstić information content (AvgIpc) is 2.82. The molecule has 1 nitrogen and oxygen atoms in total. The quantitative estimate of drug-likeness (QED) is 0.428. The molecule has 0 saturated heterocycles. The number of hydrogen-bond donors (Lipinski definition) is 1. The molecule has 156 valence electrons. The second-order valence-electron chi connectivity index (χ2n) is 7.30. The van der Waals surface area contributed by atoms with Gasteiger partial charge in [-0.2, -0.15) is 0 Å². The van der Waals surface area contributed by atoms with Gasteiger partial charge < -0.3 is 5.41 Å². The Bertz CT molecular complexity index is 1060. The van der Waals surface area contributed by atoms with E-state index in [1.165, 1.54) is 20.9 Å². The minimum atomic E-state index is 0.492. The van der Waals surface area contributed by atoms with E-state index in [9.17, 15) is 0 Å². The first-order chi connectivity index (χ1) is 15.2. The minimum absolute atomic E-state index is 0.492. The zero-order chi connectivity index (χ0) is 21.6. The molecule has 0 bridgehead atoms. The number of thioether (sulfide) groups is 1. The maximum atomic E-state index is 8.41. The highest BCUT2D eigenvalue weighted by Gasteiger charge is 2.22. The second-order valence-corrected chi connectivity index (χ2v) is 9.14. The molecular weight excluding hydrogens is 441 g/mol. The third kappa shape index (κ3) is 4.98. The van der Waals surface area contributed by atoms with Gasteiger partial charge in [0.2, 0.25) is 0 Å². The van der Waals surface area contributed by atoms with Crippen LogP contribution >= 0.6 is 35.0 Å². The summed E-state index contributed by atoms with van der Waals surface area (Å²) in [6.07, 6.45) is 9.85. The number of benzene rings is 2. The van der Waals surface area contributed by atoms with Crippen molar-refractivity contribution in [3.8, 4) is 0 Å². The van der Waals surface area contributed by atoms with Gasteiger partial charge in [0.1, 0.15) is 0 Å². The largest absolute Gasteiger partial charge is 0.301 e. The summed E-state index contributed by atoms with van der Waals surface area (Å²) < 4.78 is 0. The molecule has 0 saturated carbocycles. The molecule has 0 radical (unpaired) electrons. The van der Waals surface area contributed by atoms with E-state index in [1.54, 1.807) is 11.8 Å². The van der Waals surface area contributed by atoms with E-state index < -0.39 is 0 Å². The van der Waals surface area contributed by atoms with Crippen LogP contribution in [0.15, 0.2) is 107 Å². The van der Waals surface area contributed by atoms with Gasteiger partial charge in [-0.05, 0) is 64.5 Å². The molecule has 0 atom stereocenters. The SMILES string of the molecule is N=C1C=CC(=C2C=C(c3ccccc3)SC(c3ccccc3)=C2)C(CCCl)=C1CCCl. The zero-order valence-corrected chi connectivity index (χ0v) is 19.4. The summed E-state index contributed by atoms with van der Waals surface area (Å²) in [5.41, 5.74) is 7.36. The topological polar surface area (TPSA) is 23.9 Å². The predicted molar refractivity (Wildman–Crippen MR) is 138 cm³/mol. The summed E-state index contributed by atoms with van der Waals surface area (Å²) in [6, 6.07) is 21.0. The maximum Gasteiger partial charge on any atom is 0.0575 e. The van der Waals surface area contributed by atoms with E-state index in [2.05, 4.69) is 66.8 Å². The Morgan fingerprint density at radius 2 is 1.19 bits per heavy atom. The number of nitrogens with one attached hydrogen (secondary N) is 1. The minimum Gasteiger partial charge on any atom is -0.301 e. The molecule has 1 aliphatic heterocycles.